The molecule has 0 spiro atoms. The molecule has 5 nitrogen and oxygen atoms in total. The minimum Gasteiger partial charge on any atom is -0.466 e. The topological polar surface area (TPSA) is 49.9 Å². The Morgan fingerprint density at radius 1 is 0.789 bits per heavy atom. The number of nitrogens with zero attached hydrogens (tertiary/aromatic N) is 2. The zero-order valence-corrected chi connectivity index (χ0v) is 25.8. The molecule has 0 saturated carbocycles. The Hall–Kier alpha value is -2.52. The van der Waals surface area contributed by atoms with Gasteiger partial charge in [0.2, 0.25) is 0 Å². The lowest BCUT2D eigenvalue weighted by atomic mass is 9.92. The van der Waals surface area contributed by atoms with Crippen LogP contribution < -0.4 is 9.34 Å². The van der Waals surface area contributed by atoms with Crippen molar-refractivity contribution in [2.24, 2.45) is 0 Å². The molecular weight excluding hydrogens is 491 g/mol. The standard InChI is InChI=1S/C32H47N2O3P/c1-11-37-30(35)20-25(10)38(36)33(31-26(21(2)3)14-12-15-27(31)22(4)5)18-19-34(38)32-28(23(6)7)16-13-17-29(32)24(8)9/h12-17,21-24H,10-11,18-20H2,1-9H3. The van der Waals surface area contributed by atoms with Crippen LogP contribution in [0.5, 0.6) is 0 Å². The first-order valence-electron chi connectivity index (χ1n) is 14.1. The summed E-state index contributed by atoms with van der Waals surface area (Å²) in [5, 5.41) is 0.426. The van der Waals surface area contributed by atoms with E-state index in [-0.39, 0.29) is 42.7 Å². The van der Waals surface area contributed by atoms with Crippen molar-refractivity contribution in [2.75, 3.05) is 29.0 Å². The molecule has 0 unspecified atom stereocenters. The molecule has 0 bridgehead atoms. The first-order valence-corrected chi connectivity index (χ1v) is 15.7. The van der Waals surface area contributed by atoms with E-state index in [0.29, 0.717) is 18.4 Å². The van der Waals surface area contributed by atoms with Crippen molar-refractivity contribution in [3.8, 4) is 0 Å². The second-order valence-electron chi connectivity index (χ2n) is 11.5. The second kappa shape index (κ2) is 12.1. The maximum absolute atomic E-state index is 15.8. The van der Waals surface area contributed by atoms with Gasteiger partial charge >= 0.3 is 5.97 Å². The molecular formula is C32H47N2O3P. The summed E-state index contributed by atoms with van der Waals surface area (Å²) in [4.78, 5) is 12.7. The molecule has 0 aliphatic carbocycles. The van der Waals surface area contributed by atoms with E-state index < -0.39 is 7.44 Å². The monoisotopic (exact) mass is 538 g/mol. The average Bonchev–Trinajstić information content (AvgIpc) is 3.20. The van der Waals surface area contributed by atoms with Gasteiger partial charge in [0.15, 0.2) is 0 Å². The average molecular weight is 539 g/mol. The van der Waals surface area contributed by atoms with Crippen LogP contribution in [-0.4, -0.2) is 25.7 Å². The van der Waals surface area contributed by atoms with E-state index in [0.717, 1.165) is 11.4 Å². The second-order valence-corrected chi connectivity index (χ2v) is 14.2. The van der Waals surface area contributed by atoms with E-state index >= 15 is 4.57 Å². The molecule has 2 aromatic rings. The number of carbonyl (C=O) groups excluding carboxylic acids is 1. The number of para-hydroxylation sites is 2. The number of hydrogen-bond donors (Lipinski definition) is 0. The first kappa shape index (κ1) is 30.0. The van der Waals surface area contributed by atoms with Gasteiger partial charge in [0.05, 0.1) is 24.4 Å². The molecule has 3 rings (SSSR count). The molecule has 6 heteroatoms. The van der Waals surface area contributed by atoms with E-state index in [2.05, 4.69) is 108 Å². The van der Waals surface area contributed by atoms with Crippen LogP contribution in [-0.2, 0) is 14.1 Å². The van der Waals surface area contributed by atoms with Crippen molar-refractivity contribution < 1.29 is 14.1 Å². The third-order valence-electron chi connectivity index (χ3n) is 7.44. The minimum atomic E-state index is -3.50. The van der Waals surface area contributed by atoms with Crippen LogP contribution in [0.1, 0.15) is 115 Å². The van der Waals surface area contributed by atoms with E-state index in [4.69, 9.17) is 4.74 Å². The van der Waals surface area contributed by atoms with Gasteiger partial charge in [-0.2, -0.15) is 0 Å². The summed E-state index contributed by atoms with van der Waals surface area (Å²) in [6.07, 6.45) is -0.0696. The number of benzene rings is 2. The van der Waals surface area contributed by atoms with E-state index in [1.165, 1.54) is 22.3 Å². The van der Waals surface area contributed by atoms with Crippen LogP contribution in [0.2, 0.25) is 0 Å². The maximum Gasteiger partial charge on any atom is 0.310 e. The van der Waals surface area contributed by atoms with Gasteiger partial charge in [0.1, 0.15) is 0 Å². The number of ether oxygens (including phenoxy) is 1. The Kier molecular flexibility index (Phi) is 9.57. The van der Waals surface area contributed by atoms with Gasteiger partial charge in [-0.15, -0.1) is 0 Å². The zero-order chi connectivity index (χ0) is 28.4. The fourth-order valence-corrected chi connectivity index (χ4v) is 8.53. The third kappa shape index (κ3) is 5.59. The highest BCUT2D eigenvalue weighted by Gasteiger charge is 2.48. The van der Waals surface area contributed by atoms with Gasteiger partial charge in [-0.25, -0.2) is 0 Å². The van der Waals surface area contributed by atoms with E-state index in [9.17, 15) is 4.79 Å². The summed E-state index contributed by atoms with van der Waals surface area (Å²) in [5.41, 5.74) is 6.74. The molecule has 1 aliphatic heterocycles. The van der Waals surface area contributed by atoms with Gasteiger partial charge in [0, 0.05) is 18.4 Å². The van der Waals surface area contributed by atoms with Gasteiger partial charge in [-0.05, 0) is 52.8 Å². The van der Waals surface area contributed by atoms with Crippen LogP contribution in [0.15, 0.2) is 48.3 Å². The Morgan fingerprint density at radius 2 is 1.13 bits per heavy atom. The Labute approximate surface area is 230 Å². The Bertz CT molecular complexity index is 1090. The highest BCUT2D eigenvalue weighted by molar-refractivity contribution is 7.71. The molecule has 1 saturated heterocycles. The van der Waals surface area contributed by atoms with Crippen molar-refractivity contribution in [3.05, 3.63) is 70.5 Å². The molecule has 0 atom stereocenters. The van der Waals surface area contributed by atoms with E-state index in [1.54, 1.807) is 6.92 Å². The minimum absolute atomic E-state index is 0.0696. The first-order chi connectivity index (χ1) is 17.9. The van der Waals surface area contributed by atoms with Crippen molar-refractivity contribution >= 4 is 24.8 Å². The predicted octanol–water partition coefficient (Wildman–Crippen LogP) is 9.17. The van der Waals surface area contributed by atoms with Crippen molar-refractivity contribution in [3.63, 3.8) is 0 Å². The number of carbonyl (C=O) groups is 1. The van der Waals surface area contributed by atoms with E-state index in [1.807, 2.05) is 0 Å². The Balaban J connectivity index is 2.34. The summed E-state index contributed by atoms with van der Waals surface area (Å²) in [7, 11) is -3.50. The lowest BCUT2D eigenvalue weighted by Gasteiger charge is -2.38. The fraction of sp³-hybridized carbons (Fsp3) is 0.531. The molecule has 0 N–H and O–H groups in total. The highest BCUT2D eigenvalue weighted by atomic mass is 31.2. The summed E-state index contributed by atoms with van der Waals surface area (Å²) < 4.78 is 25.2. The highest BCUT2D eigenvalue weighted by Crippen LogP contribution is 2.68. The van der Waals surface area contributed by atoms with Crippen molar-refractivity contribution in [2.45, 2.75) is 92.4 Å². The van der Waals surface area contributed by atoms with Crippen LogP contribution in [0.4, 0.5) is 11.4 Å². The summed E-state index contributed by atoms with van der Waals surface area (Å²) in [5.74, 6) is 0.608. The molecule has 2 aromatic carbocycles. The summed E-state index contributed by atoms with van der Waals surface area (Å²) >= 11 is 0. The van der Waals surface area contributed by atoms with Gasteiger partial charge < -0.3 is 14.1 Å². The van der Waals surface area contributed by atoms with Gasteiger partial charge in [0.25, 0.3) is 7.44 Å². The number of rotatable bonds is 10. The third-order valence-corrected chi connectivity index (χ3v) is 10.5. The van der Waals surface area contributed by atoms with Crippen molar-refractivity contribution in [1.29, 1.82) is 0 Å². The van der Waals surface area contributed by atoms with Gasteiger partial charge in [-0.3, -0.25) is 9.36 Å². The number of esters is 1. The lowest BCUT2D eigenvalue weighted by Crippen LogP contribution is -2.25. The molecule has 1 fully saturated rings. The zero-order valence-electron chi connectivity index (χ0n) is 24.9. The van der Waals surface area contributed by atoms with Crippen LogP contribution in [0.25, 0.3) is 0 Å². The predicted molar refractivity (Wildman–Crippen MR) is 162 cm³/mol. The summed E-state index contributed by atoms with van der Waals surface area (Å²) in [6, 6.07) is 12.8. The number of hydrogen-bond acceptors (Lipinski definition) is 3. The normalized spacial score (nSPS) is 15.3. The Morgan fingerprint density at radius 3 is 1.42 bits per heavy atom. The molecule has 1 heterocycles. The van der Waals surface area contributed by atoms with Crippen LogP contribution in [0.3, 0.4) is 0 Å². The van der Waals surface area contributed by atoms with Gasteiger partial charge in [-0.1, -0.05) is 98.4 Å². The molecule has 0 radical (unpaired) electrons. The van der Waals surface area contributed by atoms with Crippen LogP contribution >= 0.6 is 7.44 Å². The van der Waals surface area contributed by atoms with Crippen LogP contribution in [0, 0.1) is 0 Å². The molecule has 1 aliphatic rings. The smallest absolute Gasteiger partial charge is 0.310 e. The fourth-order valence-electron chi connectivity index (χ4n) is 5.53. The molecule has 0 amide bonds. The lowest BCUT2D eigenvalue weighted by molar-refractivity contribution is -0.142. The number of anilines is 2. The molecule has 0 aromatic heterocycles. The largest absolute Gasteiger partial charge is 0.466 e. The molecule has 38 heavy (non-hydrogen) atoms. The van der Waals surface area contributed by atoms with Crippen molar-refractivity contribution in [1.82, 2.24) is 0 Å². The quantitative estimate of drug-likeness (QED) is 0.223. The SMILES string of the molecule is C=C(CC(=O)OCC)P1(=O)N(c2c(C(C)C)cccc2C(C)C)CCN1c1c(C(C)C)cccc1C(C)C. The maximum atomic E-state index is 15.8. The summed E-state index contributed by atoms with van der Waals surface area (Å²) in [6.45, 7) is 25.0. The molecule has 208 valence electrons.